The van der Waals surface area contributed by atoms with Gasteiger partial charge in [0.25, 0.3) is 0 Å². The molecule has 2 saturated heterocycles. The summed E-state index contributed by atoms with van der Waals surface area (Å²) in [6.07, 6.45) is 1.12. The molecule has 2 aliphatic heterocycles. The van der Waals surface area contributed by atoms with Crippen molar-refractivity contribution in [3.8, 4) is 0 Å². The van der Waals surface area contributed by atoms with Gasteiger partial charge in [0.1, 0.15) is 0 Å². The molecule has 4 rings (SSSR count). The number of carbonyl (C=O) groups excluding carboxylic acids is 4. The first-order valence-corrected chi connectivity index (χ1v) is 10.8. The average molecular weight is 512 g/mol. The van der Waals surface area contributed by atoms with Crippen molar-refractivity contribution < 1.29 is 40.4 Å². The van der Waals surface area contributed by atoms with Crippen LogP contribution in [0.3, 0.4) is 0 Å². The number of amides is 4. The van der Waals surface area contributed by atoms with E-state index in [1.54, 1.807) is 0 Å². The van der Waals surface area contributed by atoms with Gasteiger partial charge in [0.2, 0.25) is 23.6 Å². The van der Waals surface area contributed by atoms with Crippen LogP contribution in [0.1, 0.15) is 25.7 Å². The van der Waals surface area contributed by atoms with E-state index >= 15 is 0 Å². The van der Waals surface area contributed by atoms with E-state index in [-0.39, 0.29) is 61.7 Å². The maximum Gasteiger partial charge on any atom is 0.357 e. The highest BCUT2D eigenvalue weighted by Gasteiger charge is 2.31. The van der Waals surface area contributed by atoms with Gasteiger partial charge in [-0.15, -0.1) is 12.4 Å². The summed E-state index contributed by atoms with van der Waals surface area (Å²) in [5, 5.41) is 0. The maximum absolute atomic E-state index is 11.8. The van der Waals surface area contributed by atoms with Gasteiger partial charge in [0, 0.05) is 25.7 Å². The van der Waals surface area contributed by atoms with E-state index in [1.807, 2.05) is 48.5 Å². The molecule has 28 heavy (non-hydrogen) atoms. The summed E-state index contributed by atoms with van der Waals surface area (Å²) < 4.78 is 2.30. The van der Waals surface area contributed by atoms with Gasteiger partial charge in [-0.05, 0) is 48.5 Å². The van der Waals surface area contributed by atoms with Crippen LogP contribution in [-0.4, -0.2) is 23.6 Å². The second kappa shape index (κ2) is 8.40. The zero-order valence-corrected chi connectivity index (χ0v) is 17.7. The first kappa shape index (κ1) is 20.5. The molecule has 4 amide bonds. The molecule has 8 heteroatoms. The smallest absolute Gasteiger partial charge is 0.274 e. The topological polar surface area (TPSA) is 74.8 Å². The maximum atomic E-state index is 11.8. The number of anilines is 2. The number of imide groups is 2. The Hall–Kier alpha value is -2.26. The number of benzene rings is 2. The summed E-state index contributed by atoms with van der Waals surface area (Å²) >= 11 is -0.445. The molecule has 6 nitrogen and oxygen atoms in total. The van der Waals surface area contributed by atoms with E-state index in [9.17, 15) is 19.2 Å². The molecule has 0 saturated carbocycles. The van der Waals surface area contributed by atoms with E-state index in [1.165, 1.54) is 9.80 Å². The second-order valence-corrected chi connectivity index (χ2v) is 9.32. The minimum atomic E-state index is -0.445. The van der Waals surface area contributed by atoms with Gasteiger partial charge >= 0.3 is 21.2 Å². The molecule has 0 spiro atoms. The van der Waals surface area contributed by atoms with Crippen LogP contribution in [-0.2, 0) is 19.2 Å². The molecule has 0 aromatic heterocycles. The molecule has 0 N–H and O–H groups in total. The molecule has 2 fully saturated rings. The zero-order chi connectivity index (χ0) is 19.0. The third-order valence-corrected chi connectivity index (χ3v) is 7.17. The van der Waals surface area contributed by atoms with Gasteiger partial charge in [-0.25, -0.2) is 0 Å². The summed E-state index contributed by atoms with van der Waals surface area (Å²) in [5.41, 5.74) is 1.24. The number of carbonyl (C=O) groups is 4. The summed E-state index contributed by atoms with van der Waals surface area (Å²) in [6.45, 7) is 0. The van der Waals surface area contributed by atoms with E-state index in [0.717, 1.165) is 7.14 Å². The molecule has 2 heterocycles. The van der Waals surface area contributed by atoms with E-state index in [4.69, 9.17) is 0 Å². The molecule has 2 aliphatic rings. The predicted octanol–water partition coefficient (Wildman–Crippen LogP) is -0.456. The number of nitrogens with zero attached hydrogens (tertiary/aromatic N) is 2. The predicted molar refractivity (Wildman–Crippen MR) is 101 cm³/mol. The minimum absolute atomic E-state index is 0. The Kier molecular flexibility index (Phi) is 6.14. The Labute approximate surface area is 178 Å². The van der Waals surface area contributed by atoms with Crippen molar-refractivity contribution in [2.75, 3.05) is 9.80 Å². The number of rotatable bonds is 4. The average Bonchev–Trinajstić information content (AvgIpc) is 3.18. The lowest BCUT2D eigenvalue weighted by Gasteiger charge is -2.13. The lowest BCUT2D eigenvalue weighted by Crippen LogP contribution is -3.61. The van der Waals surface area contributed by atoms with Crippen LogP contribution in [0.2, 0.25) is 0 Å². The monoisotopic (exact) mass is 511 g/mol. The fraction of sp³-hybridized carbons (Fsp3) is 0.200. The normalized spacial score (nSPS) is 16.7. The van der Waals surface area contributed by atoms with Gasteiger partial charge < -0.3 is 0 Å². The van der Waals surface area contributed by atoms with Gasteiger partial charge in [0.05, 0.1) is 11.4 Å². The van der Waals surface area contributed by atoms with Crippen LogP contribution in [0.5, 0.6) is 0 Å². The fourth-order valence-corrected chi connectivity index (χ4v) is 5.32. The van der Waals surface area contributed by atoms with E-state index in [0.29, 0.717) is 11.4 Å². The van der Waals surface area contributed by atoms with Crippen molar-refractivity contribution >= 4 is 47.4 Å². The molecule has 0 bridgehead atoms. The SMILES string of the molecule is Cl.O=C1CCC(=O)N1c1ccc([I+]c2ccc(N3C(=O)CCC3=O)cc2)cc1. The van der Waals surface area contributed by atoms with Gasteiger partial charge in [-0.3, -0.25) is 29.0 Å². The summed E-state index contributed by atoms with van der Waals surface area (Å²) in [4.78, 5) is 49.7. The summed E-state index contributed by atoms with van der Waals surface area (Å²) in [7, 11) is 0. The quantitative estimate of drug-likeness (QED) is 0.412. The highest BCUT2D eigenvalue weighted by molar-refractivity contribution is 6.20. The Bertz CT molecular complexity index is 834. The molecule has 0 radical (unpaired) electrons. The molecule has 2 aromatic carbocycles. The second-order valence-electron chi connectivity index (χ2n) is 6.29. The van der Waals surface area contributed by atoms with E-state index in [2.05, 4.69) is 0 Å². The highest BCUT2D eigenvalue weighted by Crippen LogP contribution is 2.22. The number of hydrogen-bond donors (Lipinski definition) is 0. The lowest BCUT2D eigenvalue weighted by molar-refractivity contribution is -0.597. The van der Waals surface area contributed by atoms with Crippen molar-refractivity contribution in [1.82, 2.24) is 0 Å². The Morgan fingerprint density at radius 2 is 0.821 bits per heavy atom. The molecule has 144 valence electrons. The molecular weight excluding hydrogens is 495 g/mol. The standard InChI is InChI=1S/C20H16IN2O4.ClH/c24-17-9-10-18(25)22(17)15-5-1-13(2-6-15)21-14-3-7-16(8-4-14)23-19(26)11-12-20(23)27;/h1-8H,9-12H2;1H/q+1;. The van der Waals surface area contributed by atoms with Crippen molar-refractivity contribution in [2.24, 2.45) is 0 Å². The van der Waals surface area contributed by atoms with Crippen LogP contribution < -0.4 is 31.0 Å². The molecule has 0 aliphatic carbocycles. The summed E-state index contributed by atoms with van der Waals surface area (Å²) in [5.74, 6) is -0.596. The van der Waals surface area contributed by atoms with E-state index < -0.39 is 21.2 Å². The van der Waals surface area contributed by atoms with Gasteiger partial charge in [-0.2, -0.15) is 0 Å². The van der Waals surface area contributed by atoms with Gasteiger partial charge in [-0.1, -0.05) is 0 Å². The van der Waals surface area contributed by atoms with Crippen LogP contribution >= 0.6 is 12.4 Å². The van der Waals surface area contributed by atoms with Crippen LogP contribution in [0, 0.1) is 7.14 Å². The largest absolute Gasteiger partial charge is 0.357 e. The number of halogens is 2. The zero-order valence-electron chi connectivity index (χ0n) is 14.8. The summed E-state index contributed by atoms with van der Waals surface area (Å²) in [6, 6.07) is 15.0. The Morgan fingerprint density at radius 1 is 0.536 bits per heavy atom. The molecule has 2 aromatic rings. The Balaban J connectivity index is 0.00000225. The molecular formula is C20H17ClIN2O4+. The first-order valence-electron chi connectivity index (χ1n) is 8.59. The van der Waals surface area contributed by atoms with Crippen molar-refractivity contribution in [3.63, 3.8) is 0 Å². The lowest BCUT2D eigenvalue weighted by atomic mass is 10.3. The molecule has 0 unspecified atom stereocenters. The molecule has 0 atom stereocenters. The number of hydrogen-bond acceptors (Lipinski definition) is 4. The minimum Gasteiger partial charge on any atom is -0.274 e. The highest BCUT2D eigenvalue weighted by atomic mass is 127. The third-order valence-electron chi connectivity index (χ3n) is 4.49. The Morgan fingerprint density at radius 3 is 1.11 bits per heavy atom. The third kappa shape index (κ3) is 3.95. The fourth-order valence-electron chi connectivity index (χ4n) is 3.16. The van der Waals surface area contributed by atoms with Crippen molar-refractivity contribution in [2.45, 2.75) is 25.7 Å². The first-order chi connectivity index (χ1) is 13.0. The van der Waals surface area contributed by atoms with Crippen molar-refractivity contribution in [1.29, 1.82) is 0 Å². The van der Waals surface area contributed by atoms with Crippen molar-refractivity contribution in [3.05, 3.63) is 55.7 Å². The van der Waals surface area contributed by atoms with Gasteiger partial charge in [0.15, 0.2) is 7.14 Å². The van der Waals surface area contributed by atoms with Crippen LogP contribution in [0.25, 0.3) is 0 Å². The van der Waals surface area contributed by atoms with Crippen LogP contribution in [0.4, 0.5) is 11.4 Å². The van der Waals surface area contributed by atoms with Crippen LogP contribution in [0.15, 0.2) is 48.5 Å².